The number of aromatic amines is 1. The average molecular weight is 288 g/mol. The number of H-pyrrole nitrogens is 1. The van der Waals surface area contributed by atoms with Crippen molar-refractivity contribution in [3.8, 4) is 0 Å². The highest BCUT2D eigenvalue weighted by Crippen LogP contribution is 2.24. The van der Waals surface area contributed by atoms with Gasteiger partial charge in [0.15, 0.2) is 6.20 Å². The Morgan fingerprint density at radius 2 is 1.82 bits per heavy atom. The van der Waals surface area contributed by atoms with Crippen molar-refractivity contribution in [1.82, 2.24) is 0 Å². The second kappa shape index (κ2) is 4.84. The number of aromatic nitrogens is 1. The van der Waals surface area contributed by atoms with Gasteiger partial charge in [-0.25, -0.2) is 4.98 Å². The van der Waals surface area contributed by atoms with E-state index in [2.05, 4.69) is 60.6 Å². The van der Waals surface area contributed by atoms with E-state index in [0.29, 0.717) is 0 Å². The molecule has 0 fully saturated rings. The molecule has 3 aromatic rings. The molecule has 0 aliphatic carbocycles. The van der Waals surface area contributed by atoms with Crippen LogP contribution in [0.5, 0.6) is 0 Å². The van der Waals surface area contributed by atoms with Crippen LogP contribution in [0.25, 0.3) is 21.7 Å². The Labute approximate surface area is 111 Å². The molecular formula is C15H14BrN. The summed E-state index contributed by atoms with van der Waals surface area (Å²) in [6.07, 6.45) is 3.15. The lowest BCUT2D eigenvalue weighted by Crippen LogP contribution is -3.00. The number of pyridine rings is 1. The molecule has 3 rings (SSSR count). The Kier molecular flexibility index (Phi) is 3.43. The van der Waals surface area contributed by atoms with Crippen molar-refractivity contribution in [1.29, 1.82) is 0 Å². The van der Waals surface area contributed by atoms with Gasteiger partial charge in [-0.15, -0.1) is 0 Å². The summed E-state index contributed by atoms with van der Waals surface area (Å²) in [5.41, 5.74) is 2.63. The highest BCUT2D eigenvalue weighted by Gasteiger charge is 2.08. The Hall–Kier alpha value is -1.41. The molecule has 0 saturated heterocycles. The van der Waals surface area contributed by atoms with E-state index in [4.69, 9.17) is 0 Å². The molecule has 0 amide bonds. The zero-order valence-electron chi connectivity index (χ0n) is 9.70. The molecule has 0 spiro atoms. The number of benzene rings is 2. The number of fused-ring (bicyclic) bond motifs is 3. The third-order valence-electron chi connectivity index (χ3n) is 3.14. The van der Waals surface area contributed by atoms with Gasteiger partial charge in [-0.3, -0.25) is 0 Å². The van der Waals surface area contributed by atoms with E-state index in [0.717, 1.165) is 6.42 Å². The van der Waals surface area contributed by atoms with Gasteiger partial charge in [-0.1, -0.05) is 37.3 Å². The van der Waals surface area contributed by atoms with Gasteiger partial charge >= 0.3 is 0 Å². The minimum absolute atomic E-state index is 0. The number of hydrogen-bond acceptors (Lipinski definition) is 0. The maximum atomic E-state index is 3.37. The van der Waals surface area contributed by atoms with Gasteiger partial charge in [0.2, 0.25) is 5.52 Å². The van der Waals surface area contributed by atoms with Gasteiger partial charge in [0.1, 0.15) is 0 Å². The average Bonchev–Trinajstić information content (AvgIpc) is 2.37. The first-order valence-electron chi connectivity index (χ1n) is 5.71. The number of aryl methyl sites for hydroxylation is 1. The van der Waals surface area contributed by atoms with Crippen LogP contribution in [-0.4, -0.2) is 0 Å². The Bertz CT molecular complexity index is 661. The fourth-order valence-electron chi connectivity index (χ4n) is 2.34. The molecule has 0 atom stereocenters. The number of halogens is 1. The standard InChI is InChI=1S/C15H13N.BrH/c1-2-11-7-5-9-14-15(11)13-8-4-3-6-12(13)10-16-14;/h3-10H,2H2,1H3;1H. The van der Waals surface area contributed by atoms with Crippen LogP contribution in [0.4, 0.5) is 0 Å². The summed E-state index contributed by atoms with van der Waals surface area (Å²) in [6.45, 7) is 2.20. The largest absolute Gasteiger partial charge is 1.00 e. The van der Waals surface area contributed by atoms with E-state index in [1.165, 1.54) is 27.2 Å². The van der Waals surface area contributed by atoms with Gasteiger partial charge in [0.05, 0.1) is 5.39 Å². The maximum absolute atomic E-state index is 3.37. The van der Waals surface area contributed by atoms with Crippen LogP contribution >= 0.6 is 0 Å². The lowest BCUT2D eigenvalue weighted by atomic mass is 10.0. The molecule has 2 aromatic carbocycles. The van der Waals surface area contributed by atoms with E-state index in [9.17, 15) is 0 Å². The number of hydrogen-bond donors (Lipinski definition) is 0. The van der Waals surface area contributed by atoms with E-state index >= 15 is 0 Å². The van der Waals surface area contributed by atoms with Crippen LogP contribution in [0.15, 0.2) is 48.7 Å². The van der Waals surface area contributed by atoms with E-state index in [-0.39, 0.29) is 17.0 Å². The summed E-state index contributed by atoms with van der Waals surface area (Å²) in [4.78, 5) is 3.37. The maximum Gasteiger partial charge on any atom is 0.211 e. The molecule has 1 aromatic heterocycles. The predicted molar refractivity (Wildman–Crippen MR) is 67.4 cm³/mol. The van der Waals surface area contributed by atoms with Crippen LogP contribution in [-0.2, 0) is 6.42 Å². The van der Waals surface area contributed by atoms with E-state index in [1.54, 1.807) is 0 Å². The van der Waals surface area contributed by atoms with Gasteiger partial charge in [0.25, 0.3) is 0 Å². The number of rotatable bonds is 1. The van der Waals surface area contributed by atoms with Gasteiger partial charge in [-0.05, 0) is 18.1 Å². The SMILES string of the molecule is CCc1cccc2[nH+]cc3ccccc3c12.[Br-]. The summed E-state index contributed by atoms with van der Waals surface area (Å²) in [5.74, 6) is 0. The number of nitrogens with one attached hydrogen (secondary N) is 1. The molecule has 2 heteroatoms. The smallest absolute Gasteiger partial charge is 0.211 e. The van der Waals surface area contributed by atoms with Crippen LogP contribution < -0.4 is 22.0 Å². The van der Waals surface area contributed by atoms with Crippen molar-refractivity contribution in [3.63, 3.8) is 0 Å². The predicted octanol–water partition coefficient (Wildman–Crippen LogP) is 0.374. The summed E-state index contributed by atoms with van der Waals surface area (Å²) in [5, 5.41) is 3.98. The summed E-state index contributed by atoms with van der Waals surface area (Å²) in [6, 6.07) is 15.0. The molecule has 86 valence electrons. The molecule has 0 radical (unpaired) electrons. The first kappa shape index (κ1) is 12.1. The minimum Gasteiger partial charge on any atom is -1.00 e. The third-order valence-corrected chi connectivity index (χ3v) is 3.14. The third kappa shape index (κ3) is 1.93. The van der Waals surface area contributed by atoms with Crippen molar-refractivity contribution in [2.24, 2.45) is 0 Å². The van der Waals surface area contributed by atoms with Crippen LogP contribution in [0.1, 0.15) is 12.5 Å². The molecule has 1 N–H and O–H groups in total. The monoisotopic (exact) mass is 287 g/mol. The van der Waals surface area contributed by atoms with Crippen molar-refractivity contribution in [2.45, 2.75) is 13.3 Å². The van der Waals surface area contributed by atoms with Crippen LogP contribution in [0.3, 0.4) is 0 Å². The van der Waals surface area contributed by atoms with Crippen molar-refractivity contribution >= 4 is 21.7 Å². The highest BCUT2D eigenvalue weighted by molar-refractivity contribution is 6.05. The quantitative estimate of drug-likeness (QED) is 0.575. The van der Waals surface area contributed by atoms with Crippen LogP contribution in [0.2, 0.25) is 0 Å². The second-order valence-corrected chi connectivity index (χ2v) is 4.07. The fraction of sp³-hybridized carbons (Fsp3) is 0.133. The van der Waals surface area contributed by atoms with Crippen molar-refractivity contribution < 1.29 is 22.0 Å². The molecule has 1 nitrogen and oxygen atoms in total. The zero-order chi connectivity index (χ0) is 11.0. The molecule has 17 heavy (non-hydrogen) atoms. The molecule has 0 aliphatic heterocycles. The lowest BCUT2D eigenvalue weighted by Gasteiger charge is -2.03. The molecule has 0 bridgehead atoms. The second-order valence-electron chi connectivity index (χ2n) is 4.07. The van der Waals surface area contributed by atoms with Gasteiger partial charge < -0.3 is 17.0 Å². The van der Waals surface area contributed by atoms with Crippen molar-refractivity contribution in [3.05, 3.63) is 54.2 Å². The van der Waals surface area contributed by atoms with E-state index < -0.39 is 0 Å². The van der Waals surface area contributed by atoms with E-state index in [1.807, 2.05) is 0 Å². The first-order valence-corrected chi connectivity index (χ1v) is 5.71. The van der Waals surface area contributed by atoms with Gasteiger partial charge in [-0.2, -0.15) is 0 Å². The van der Waals surface area contributed by atoms with Crippen LogP contribution in [0, 0.1) is 0 Å². The Morgan fingerprint density at radius 3 is 2.65 bits per heavy atom. The Morgan fingerprint density at radius 1 is 1.00 bits per heavy atom. The first-order chi connectivity index (χ1) is 7.90. The summed E-state index contributed by atoms with van der Waals surface area (Å²) in [7, 11) is 0. The molecule has 0 unspecified atom stereocenters. The van der Waals surface area contributed by atoms with Gasteiger partial charge in [0, 0.05) is 16.8 Å². The normalized spacial score (nSPS) is 10.4. The summed E-state index contributed by atoms with van der Waals surface area (Å²) >= 11 is 0. The lowest BCUT2D eigenvalue weighted by molar-refractivity contribution is -0.342. The highest BCUT2D eigenvalue weighted by atomic mass is 79.9. The van der Waals surface area contributed by atoms with Crippen molar-refractivity contribution in [2.75, 3.05) is 0 Å². The molecule has 0 saturated carbocycles. The summed E-state index contributed by atoms with van der Waals surface area (Å²) < 4.78 is 0. The zero-order valence-corrected chi connectivity index (χ0v) is 11.3. The topological polar surface area (TPSA) is 14.1 Å². The molecular weight excluding hydrogens is 274 g/mol. The molecule has 1 heterocycles. The molecule has 0 aliphatic rings. The minimum atomic E-state index is 0. The Balaban J connectivity index is 0.00000108. The fourth-order valence-corrected chi connectivity index (χ4v) is 2.34.